The standard InChI is InChI=1S/C13H20N2O4/c1-3-4-6-11(14-9-16)7-5-8-12(15-10-17)13(18)19-2/h11-12H,3-8H2,1-2H3. The van der Waals surface area contributed by atoms with E-state index in [1.54, 1.807) is 6.08 Å². The van der Waals surface area contributed by atoms with Gasteiger partial charge in [0, 0.05) is 0 Å². The van der Waals surface area contributed by atoms with Gasteiger partial charge in [-0.25, -0.2) is 19.4 Å². The summed E-state index contributed by atoms with van der Waals surface area (Å²) in [5.41, 5.74) is 0. The highest BCUT2D eigenvalue weighted by molar-refractivity contribution is 5.76. The number of aliphatic imine (C=N–C) groups is 2. The largest absolute Gasteiger partial charge is 0.467 e. The molecule has 0 rings (SSSR count). The molecule has 0 aromatic heterocycles. The number of methoxy groups -OCH3 is 1. The number of isocyanates is 2. The lowest BCUT2D eigenvalue weighted by Gasteiger charge is -2.11. The number of ether oxygens (including phenoxy) is 1. The van der Waals surface area contributed by atoms with Crippen LogP contribution in [0.2, 0.25) is 0 Å². The summed E-state index contributed by atoms with van der Waals surface area (Å²) in [4.78, 5) is 39.0. The van der Waals surface area contributed by atoms with Crippen molar-refractivity contribution in [1.29, 1.82) is 0 Å². The number of hydrogen-bond acceptors (Lipinski definition) is 6. The summed E-state index contributed by atoms with van der Waals surface area (Å²) in [6.45, 7) is 2.06. The maximum absolute atomic E-state index is 11.3. The first-order valence-electron chi connectivity index (χ1n) is 6.41. The average molecular weight is 268 g/mol. The van der Waals surface area contributed by atoms with Crippen LogP contribution >= 0.6 is 0 Å². The molecule has 0 fully saturated rings. The fraction of sp³-hybridized carbons (Fsp3) is 0.769. The van der Waals surface area contributed by atoms with Crippen molar-refractivity contribution in [2.24, 2.45) is 9.98 Å². The molecule has 0 heterocycles. The molecule has 6 heteroatoms. The minimum atomic E-state index is -0.811. The molecule has 0 aromatic carbocycles. The van der Waals surface area contributed by atoms with E-state index in [4.69, 9.17) is 0 Å². The van der Waals surface area contributed by atoms with Crippen LogP contribution in [-0.2, 0) is 19.1 Å². The number of rotatable bonds is 10. The Kier molecular flexibility index (Phi) is 10.3. The number of carbonyl (C=O) groups is 1. The molecular weight excluding hydrogens is 248 g/mol. The number of unbranched alkanes of at least 4 members (excludes halogenated alkanes) is 1. The van der Waals surface area contributed by atoms with Gasteiger partial charge in [0.15, 0.2) is 6.04 Å². The zero-order chi connectivity index (χ0) is 14.5. The third kappa shape index (κ3) is 8.03. The molecule has 0 radical (unpaired) electrons. The molecule has 2 atom stereocenters. The molecular formula is C13H20N2O4. The Hall–Kier alpha value is -1.77. The molecule has 0 aliphatic carbocycles. The second kappa shape index (κ2) is 11.3. The van der Waals surface area contributed by atoms with E-state index in [0.717, 1.165) is 19.3 Å². The van der Waals surface area contributed by atoms with Crippen LogP contribution in [0.25, 0.3) is 0 Å². The summed E-state index contributed by atoms with van der Waals surface area (Å²) in [6, 6.07) is -0.884. The van der Waals surface area contributed by atoms with Gasteiger partial charge in [-0.1, -0.05) is 19.8 Å². The molecule has 0 aromatic rings. The maximum Gasteiger partial charge on any atom is 0.331 e. The van der Waals surface area contributed by atoms with Gasteiger partial charge in [0.25, 0.3) is 0 Å². The lowest BCUT2D eigenvalue weighted by molar-refractivity contribution is -0.142. The van der Waals surface area contributed by atoms with Crippen molar-refractivity contribution in [3.05, 3.63) is 0 Å². The summed E-state index contributed by atoms with van der Waals surface area (Å²) in [6.07, 6.45) is 7.47. The van der Waals surface area contributed by atoms with Crippen molar-refractivity contribution in [3.8, 4) is 0 Å². The highest BCUT2D eigenvalue weighted by atomic mass is 16.5. The van der Waals surface area contributed by atoms with E-state index < -0.39 is 12.0 Å². The van der Waals surface area contributed by atoms with Gasteiger partial charge in [-0.2, -0.15) is 4.99 Å². The molecule has 0 saturated heterocycles. The zero-order valence-corrected chi connectivity index (χ0v) is 11.4. The smallest absolute Gasteiger partial charge is 0.331 e. The molecule has 106 valence electrons. The van der Waals surface area contributed by atoms with Crippen molar-refractivity contribution < 1.29 is 19.1 Å². The number of hydrogen-bond donors (Lipinski definition) is 0. The van der Waals surface area contributed by atoms with Crippen molar-refractivity contribution in [1.82, 2.24) is 0 Å². The van der Waals surface area contributed by atoms with Crippen LogP contribution in [0.15, 0.2) is 9.98 Å². The first-order valence-corrected chi connectivity index (χ1v) is 6.41. The lowest BCUT2D eigenvalue weighted by atomic mass is 10.0. The van der Waals surface area contributed by atoms with Gasteiger partial charge < -0.3 is 4.74 Å². The molecule has 0 N–H and O–H groups in total. The molecule has 0 saturated carbocycles. The molecule has 0 amide bonds. The van der Waals surface area contributed by atoms with Crippen LogP contribution in [-0.4, -0.2) is 37.3 Å². The molecule has 0 aliphatic heterocycles. The van der Waals surface area contributed by atoms with Crippen LogP contribution in [0.1, 0.15) is 45.4 Å². The van der Waals surface area contributed by atoms with Gasteiger partial charge in [0.1, 0.15) is 0 Å². The highest BCUT2D eigenvalue weighted by Gasteiger charge is 2.18. The molecule has 19 heavy (non-hydrogen) atoms. The fourth-order valence-corrected chi connectivity index (χ4v) is 1.77. The van der Waals surface area contributed by atoms with E-state index >= 15 is 0 Å². The van der Waals surface area contributed by atoms with Gasteiger partial charge in [0.05, 0.1) is 13.2 Å². The molecule has 6 nitrogen and oxygen atoms in total. The Bertz CT molecular complexity index is 358. The highest BCUT2D eigenvalue weighted by Crippen LogP contribution is 2.14. The number of esters is 1. The van der Waals surface area contributed by atoms with Gasteiger partial charge in [-0.05, 0) is 25.7 Å². The normalized spacial score (nSPS) is 12.7. The molecule has 0 aliphatic rings. The van der Waals surface area contributed by atoms with E-state index in [-0.39, 0.29) is 6.04 Å². The van der Waals surface area contributed by atoms with E-state index in [9.17, 15) is 14.4 Å². The zero-order valence-electron chi connectivity index (χ0n) is 11.4. The molecule has 0 bridgehead atoms. The monoisotopic (exact) mass is 268 g/mol. The second-order valence-corrected chi connectivity index (χ2v) is 4.21. The van der Waals surface area contributed by atoms with Crippen molar-refractivity contribution in [3.63, 3.8) is 0 Å². The molecule has 2 unspecified atom stereocenters. The summed E-state index contributed by atoms with van der Waals surface area (Å²) in [7, 11) is 1.25. The van der Waals surface area contributed by atoms with E-state index in [1.165, 1.54) is 13.2 Å². The van der Waals surface area contributed by atoms with E-state index in [0.29, 0.717) is 19.3 Å². The predicted octanol–water partition coefficient (Wildman–Crippen LogP) is 1.93. The van der Waals surface area contributed by atoms with Crippen LogP contribution < -0.4 is 0 Å². The average Bonchev–Trinajstić information content (AvgIpc) is 2.42. The Balaban J connectivity index is 4.23. The Morgan fingerprint density at radius 2 is 1.74 bits per heavy atom. The number of nitrogens with zero attached hydrogens (tertiary/aromatic N) is 2. The Morgan fingerprint density at radius 1 is 1.11 bits per heavy atom. The summed E-state index contributed by atoms with van der Waals surface area (Å²) in [5, 5.41) is 0. The fourth-order valence-electron chi connectivity index (χ4n) is 1.77. The van der Waals surface area contributed by atoms with Crippen LogP contribution in [0.4, 0.5) is 0 Å². The maximum atomic E-state index is 11.3. The SMILES string of the molecule is CCCCC(CCCC(N=C=O)C(=O)OC)N=C=O. The van der Waals surface area contributed by atoms with Crippen LogP contribution in [0.5, 0.6) is 0 Å². The minimum Gasteiger partial charge on any atom is -0.467 e. The van der Waals surface area contributed by atoms with Gasteiger partial charge in [-0.15, -0.1) is 0 Å². The van der Waals surface area contributed by atoms with Crippen molar-refractivity contribution in [2.45, 2.75) is 57.5 Å². The van der Waals surface area contributed by atoms with E-state index in [1.807, 2.05) is 0 Å². The van der Waals surface area contributed by atoms with Gasteiger partial charge in [-0.3, -0.25) is 0 Å². The Morgan fingerprint density at radius 3 is 2.26 bits per heavy atom. The van der Waals surface area contributed by atoms with E-state index in [2.05, 4.69) is 21.6 Å². The van der Waals surface area contributed by atoms with Gasteiger partial charge >= 0.3 is 5.97 Å². The Labute approximate surface area is 113 Å². The summed E-state index contributed by atoms with van der Waals surface area (Å²) < 4.78 is 4.54. The first kappa shape index (κ1) is 17.2. The quantitative estimate of drug-likeness (QED) is 0.344. The third-order valence-electron chi connectivity index (χ3n) is 2.82. The van der Waals surface area contributed by atoms with Crippen LogP contribution in [0.3, 0.4) is 0 Å². The van der Waals surface area contributed by atoms with Crippen LogP contribution in [0, 0.1) is 0 Å². The predicted molar refractivity (Wildman–Crippen MR) is 69.2 cm³/mol. The summed E-state index contributed by atoms with van der Waals surface area (Å²) >= 11 is 0. The molecule has 0 spiro atoms. The second-order valence-electron chi connectivity index (χ2n) is 4.21. The topological polar surface area (TPSA) is 85.2 Å². The number of carbonyl (C=O) groups excluding carboxylic acids is 3. The first-order chi connectivity index (χ1) is 9.19. The lowest BCUT2D eigenvalue weighted by Crippen LogP contribution is -2.20. The summed E-state index contributed by atoms with van der Waals surface area (Å²) in [5.74, 6) is -0.549. The van der Waals surface area contributed by atoms with Gasteiger partial charge in [0.2, 0.25) is 12.2 Å². The minimum absolute atomic E-state index is 0.0732. The third-order valence-corrected chi connectivity index (χ3v) is 2.82. The van der Waals surface area contributed by atoms with Crippen molar-refractivity contribution in [2.75, 3.05) is 7.11 Å². The van der Waals surface area contributed by atoms with Crippen molar-refractivity contribution >= 4 is 18.1 Å².